The highest BCUT2D eigenvalue weighted by Crippen LogP contribution is 2.18. The highest BCUT2D eigenvalue weighted by molar-refractivity contribution is 9.10. The van der Waals surface area contributed by atoms with Gasteiger partial charge in [0, 0.05) is 27.8 Å². The minimum Gasteiger partial charge on any atom is -0.352 e. The Kier molecular flexibility index (Phi) is 10.2. The molecule has 0 bridgehead atoms. The molecule has 7 heteroatoms. The summed E-state index contributed by atoms with van der Waals surface area (Å²) in [6.07, 6.45) is 0.843. The van der Waals surface area contributed by atoms with Crippen LogP contribution >= 0.6 is 39.3 Å². The van der Waals surface area contributed by atoms with Gasteiger partial charge in [-0.15, -0.1) is 11.8 Å². The third-order valence-electron chi connectivity index (χ3n) is 4.84. The number of nitrogens with one attached hydrogen (secondary N) is 1. The summed E-state index contributed by atoms with van der Waals surface area (Å²) in [5.41, 5.74) is 2.09. The first-order valence-corrected chi connectivity index (χ1v) is 12.3. The van der Waals surface area contributed by atoms with Gasteiger partial charge in [-0.2, -0.15) is 0 Å². The lowest BCUT2D eigenvalue weighted by atomic mass is 10.1. The second-order valence-corrected chi connectivity index (χ2v) is 9.60. The average Bonchev–Trinajstić information content (AvgIpc) is 2.74. The van der Waals surface area contributed by atoms with Crippen LogP contribution in [-0.2, 0) is 21.9 Å². The number of carbonyl (C=O) groups excluding carboxylic acids is 2. The number of benzene rings is 2. The molecule has 0 radical (unpaired) electrons. The van der Waals surface area contributed by atoms with Crippen LogP contribution < -0.4 is 5.32 Å². The van der Waals surface area contributed by atoms with E-state index in [0.29, 0.717) is 23.1 Å². The van der Waals surface area contributed by atoms with Crippen molar-refractivity contribution >= 4 is 51.1 Å². The Morgan fingerprint density at radius 1 is 1.07 bits per heavy atom. The van der Waals surface area contributed by atoms with Gasteiger partial charge in [-0.05, 0) is 55.7 Å². The number of carbonyl (C=O) groups is 2. The van der Waals surface area contributed by atoms with Crippen molar-refractivity contribution in [1.82, 2.24) is 10.2 Å². The van der Waals surface area contributed by atoms with E-state index in [2.05, 4.69) is 21.2 Å². The molecule has 2 aromatic rings. The van der Waals surface area contributed by atoms with Crippen LogP contribution in [0.3, 0.4) is 0 Å². The number of thioether (sulfide) groups is 1. The predicted molar refractivity (Wildman–Crippen MR) is 130 cm³/mol. The second-order valence-electron chi connectivity index (χ2n) is 7.26. The summed E-state index contributed by atoms with van der Waals surface area (Å²) in [4.78, 5) is 27.4. The Balaban J connectivity index is 2.06. The van der Waals surface area contributed by atoms with E-state index in [9.17, 15) is 9.59 Å². The zero-order valence-electron chi connectivity index (χ0n) is 17.5. The molecule has 0 unspecified atom stereocenters. The van der Waals surface area contributed by atoms with Crippen molar-refractivity contribution < 1.29 is 9.59 Å². The van der Waals surface area contributed by atoms with E-state index in [1.165, 1.54) is 11.8 Å². The van der Waals surface area contributed by atoms with E-state index in [1.807, 2.05) is 62.4 Å². The summed E-state index contributed by atoms with van der Waals surface area (Å²) in [6.45, 7) is 6.17. The van der Waals surface area contributed by atoms with Gasteiger partial charge in [0.25, 0.3) is 0 Å². The second kappa shape index (κ2) is 12.4. The normalized spacial score (nSPS) is 12.8. The fourth-order valence-electron chi connectivity index (χ4n) is 2.75. The fourth-order valence-corrected chi connectivity index (χ4v) is 4.02. The Morgan fingerprint density at radius 2 is 1.67 bits per heavy atom. The van der Waals surface area contributed by atoms with E-state index in [4.69, 9.17) is 11.6 Å². The van der Waals surface area contributed by atoms with Gasteiger partial charge in [0.05, 0.1) is 5.75 Å². The molecule has 0 aliphatic rings. The molecule has 0 spiro atoms. The van der Waals surface area contributed by atoms with Crippen LogP contribution in [0.2, 0.25) is 5.02 Å². The zero-order chi connectivity index (χ0) is 22.1. The Hall–Kier alpha value is -1.50. The molecule has 0 fully saturated rings. The maximum Gasteiger partial charge on any atom is 0.242 e. The highest BCUT2D eigenvalue weighted by Gasteiger charge is 2.26. The van der Waals surface area contributed by atoms with Crippen molar-refractivity contribution in [1.29, 1.82) is 0 Å². The first-order chi connectivity index (χ1) is 14.3. The molecule has 2 aromatic carbocycles. The van der Waals surface area contributed by atoms with Crippen LogP contribution in [0.4, 0.5) is 0 Å². The largest absolute Gasteiger partial charge is 0.352 e. The van der Waals surface area contributed by atoms with Crippen LogP contribution in [0.25, 0.3) is 0 Å². The van der Waals surface area contributed by atoms with E-state index in [-0.39, 0.29) is 17.9 Å². The highest BCUT2D eigenvalue weighted by atomic mass is 79.9. The SMILES string of the molecule is CC[C@@H](C)NC(=O)[C@@H](C)N(Cc1ccc(Br)cc1)C(=O)CSCc1ccc(Cl)cc1. The maximum atomic E-state index is 13.1. The molecule has 2 atom stereocenters. The van der Waals surface area contributed by atoms with Crippen molar-refractivity contribution in [2.75, 3.05) is 5.75 Å². The first kappa shape index (κ1) is 24.8. The summed E-state index contributed by atoms with van der Waals surface area (Å²) in [5.74, 6) is 0.837. The van der Waals surface area contributed by atoms with Crippen molar-refractivity contribution in [2.45, 2.75) is 51.6 Å². The lowest BCUT2D eigenvalue weighted by Crippen LogP contribution is -2.50. The van der Waals surface area contributed by atoms with Gasteiger partial charge in [-0.25, -0.2) is 0 Å². The van der Waals surface area contributed by atoms with E-state index < -0.39 is 6.04 Å². The molecular weight excluding hydrogens is 484 g/mol. The predicted octanol–water partition coefficient (Wildman–Crippen LogP) is 5.67. The van der Waals surface area contributed by atoms with E-state index >= 15 is 0 Å². The Labute approximate surface area is 196 Å². The summed E-state index contributed by atoms with van der Waals surface area (Å²) in [6, 6.07) is 14.9. The quantitative estimate of drug-likeness (QED) is 0.447. The van der Waals surface area contributed by atoms with Gasteiger partial charge in [0.2, 0.25) is 11.8 Å². The molecule has 0 aromatic heterocycles. The number of hydrogen-bond donors (Lipinski definition) is 1. The molecule has 30 heavy (non-hydrogen) atoms. The zero-order valence-corrected chi connectivity index (χ0v) is 20.7. The minimum absolute atomic E-state index is 0.0521. The van der Waals surface area contributed by atoms with Gasteiger partial charge in [-0.3, -0.25) is 9.59 Å². The lowest BCUT2D eigenvalue weighted by molar-refractivity contribution is -0.138. The summed E-state index contributed by atoms with van der Waals surface area (Å²) >= 11 is 10.9. The number of hydrogen-bond acceptors (Lipinski definition) is 3. The van der Waals surface area contributed by atoms with Gasteiger partial charge >= 0.3 is 0 Å². The number of nitrogens with zero attached hydrogens (tertiary/aromatic N) is 1. The van der Waals surface area contributed by atoms with Crippen molar-refractivity contribution in [3.05, 3.63) is 69.2 Å². The van der Waals surface area contributed by atoms with Gasteiger partial charge in [-0.1, -0.05) is 58.7 Å². The summed E-state index contributed by atoms with van der Waals surface area (Å²) < 4.78 is 0.977. The number of rotatable bonds is 10. The smallest absolute Gasteiger partial charge is 0.242 e. The fraction of sp³-hybridized carbons (Fsp3) is 0.391. The van der Waals surface area contributed by atoms with Crippen molar-refractivity contribution in [3.8, 4) is 0 Å². The number of amides is 2. The average molecular weight is 512 g/mol. The van der Waals surface area contributed by atoms with Crippen LogP contribution in [-0.4, -0.2) is 34.6 Å². The molecule has 0 saturated carbocycles. The van der Waals surface area contributed by atoms with Crippen LogP contribution in [0.1, 0.15) is 38.3 Å². The molecular formula is C23H28BrClN2O2S. The molecule has 0 heterocycles. The minimum atomic E-state index is -0.550. The van der Waals surface area contributed by atoms with E-state index in [1.54, 1.807) is 11.8 Å². The van der Waals surface area contributed by atoms with Crippen LogP contribution in [0.5, 0.6) is 0 Å². The molecule has 2 amide bonds. The van der Waals surface area contributed by atoms with Gasteiger partial charge in [0.15, 0.2) is 0 Å². The molecule has 162 valence electrons. The monoisotopic (exact) mass is 510 g/mol. The summed E-state index contributed by atoms with van der Waals surface area (Å²) in [5, 5.41) is 3.68. The van der Waals surface area contributed by atoms with Gasteiger partial charge < -0.3 is 10.2 Å². The first-order valence-electron chi connectivity index (χ1n) is 9.96. The van der Waals surface area contributed by atoms with Gasteiger partial charge in [0.1, 0.15) is 6.04 Å². The van der Waals surface area contributed by atoms with Crippen LogP contribution in [0, 0.1) is 0 Å². The topological polar surface area (TPSA) is 49.4 Å². The molecule has 0 saturated heterocycles. The van der Waals surface area contributed by atoms with Crippen LogP contribution in [0.15, 0.2) is 53.0 Å². The molecule has 0 aliphatic carbocycles. The maximum absolute atomic E-state index is 13.1. The Bertz CT molecular complexity index is 830. The molecule has 2 rings (SSSR count). The lowest BCUT2D eigenvalue weighted by Gasteiger charge is -2.29. The van der Waals surface area contributed by atoms with E-state index in [0.717, 1.165) is 22.0 Å². The standard InChI is InChI=1S/C23H28BrClN2O2S/c1-4-16(2)26-23(29)17(3)27(13-18-5-9-20(24)10-6-18)22(28)15-30-14-19-7-11-21(25)12-8-19/h5-12,16-17H,4,13-15H2,1-3H3,(H,26,29)/t16-,17-/m1/s1. The summed E-state index contributed by atoms with van der Waals surface area (Å²) in [7, 11) is 0. The Morgan fingerprint density at radius 3 is 2.27 bits per heavy atom. The third kappa shape index (κ3) is 7.97. The van der Waals surface area contributed by atoms with Crippen molar-refractivity contribution in [2.24, 2.45) is 0 Å². The molecule has 4 nitrogen and oxygen atoms in total. The number of halogens is 2. The molecule has 0 aliphatic heterocycles. The molecule has 1 N–H and O–H groups in total. The van der Waals surface area contributed by atoms with Crippen molar-refractivity contribution in [3.63, 3.8) is 0 Å². The third-order valence-corrected chi connectivity index (χ3v) is 6.61.